The average Bonchev–Trinajstić information content (AvgIpc) is 2.62. The van der Waals surface area contributed by atoms with Gasteiger partial charge in [-0.05, 0) is 37.3 Å². The maximum absolute atomic E-state index is 12.1. The van der Waals surface area contributed by atoms with Crippen LogP contribution < -0.4 is 10.2 Å². The second-order valence-corrected chi connectivity index (χ2v) is 6.31. The van der Waals surface area contributed by atoms with Gasteiger partial charge >= 0.3 is 0 Å². The lowest BCUT2D eigenvalue weighted by Gasteiger charge is -2.12. The first-order chi connectivity index (χ1) is 12.5. The molecule has 2 aromatic carbocycles. The smallest absolute Gasteiger partial charge is 0.280 e. The minimum atomic E-state index is -0.740. The summed E-state index contributed by atoms with van der Waals surface area (Å²) in [5.74, 6) is 0.108. The van der Waals surface area contributed by atoms with Crippen molar-refractivity contribution in [3.63, 3.8) is 0 Å². The molecule has 7 heteroatoms. The fourth-order valence-electron chi connectivity index (χ4n) is 2.25. The molecule has 1 heterocycles. The number of hydrogen-bond donors (Lipinski definition) is 1. The van der Waals surface area contributed by atoms with E-state index in [0.717, 1.165) is 10.9 Å². The van der Waals surface area contributed by atoms with Crippen molar-refractivity contribution in [2.24, 2.45) is 5.10 Å². The molecule has 0 saturated carbocycles. The summed E-state index contributed by atoms with van der Waals surface area (Å²) in [6.07, 6.45) is 0.710. The van der Waals surface area contributed by atoms with Crippen LogP contribution >= 0.6 is 23.2 Å². The van der Waals surface area contributed by atoms with E-state index in [1.54, 1.807) is 31.2 Å². The highest BCUT2D eigenvalue weighted by atomic mass is 35.5. The number of para-hydroxylation sites is 1. The highest BCUT2D eigenvalue weighted by molar-refractivity contribution is 6.32. The van der Waals surface area contributed by atoms with Gasteiger partial charge in [-0.3, -0.25) is 4.79 Å². The molecule has 1 atom stereocenters. The SMILES string of the molecule is C[C@@H](Oc1cccc(Cl)c1)C(=O)N/N=C\c1cc2ccccc2nc1Cl. The Hall–Kier alpha value is -2.63. The number of pyridine rings is 1. The van der Waals surface area contributed by atoms with Gasteiger partial charge < -0.3 is 4.74 Å². The number of amides is 1. The number of nitrogens with zero attached hydrogens (tertiary/aromatic N) is 2. The minimum Gasteiger partial charge on any atom is -0.481 e. The van der Waals surface area contributed by atoms with E-state index in [4.69, 9.17) is 27.9 Å². The number of hydrogen-bond acceptors (Lipinski definition) is 4. The predicted molar refractivity (Wildman–Crippen MR) is 104 cm³/mol. The Morgan fingerprint density at radius 3 is 2.81 bits per heavy atom. The molecule has 0 fully saturated rings. The Labute approximate surface area is 160 Å². The number of rotatable bonds is 5. The van der Waals surface area contributed by atoms with Crippen LogP contribution in [0.2, 0.25) is 10.2 Å². The number of carbonyl (C=O) groups is 1. The van der Waals surface area contributed by atoms with Crippen LogP contribution in [0.4, 0.5) is 0 Å². The first kappa shape index (κ1) is 18.2. The van der Waals surface area contributed by atoms with Gasteiger partial charge in [-0.25, -0.2) is 10.4 Å². The van der Waals surface area contributed by atoms with Crippen molar-refractivity contribution in [1.82, 2.24) is 10.4 Å². The first-order valence-corrected chi connectivity index (χ1v) is 8.59. The van der Waals surface area contributed by atoms with Crippen LogP contribution in [-0.4, -0.2) is 23.2 Å². The summed E-state index contributed by atoms with van der Waals surface area (Å²) < 4.78 is 5.53. The van der Waals surface area contributed by atoms with Gasteiger partial charge in [0.15, 0.2) is 6.10 Å². The zero-order valence-corrected chi connectivity index (χ0v) is 15.3. The topological polar surface area (TPSA) is 63.6 Å². The maximum atomic E-state index is 12.1. The monoisotopic (exact) mass is 387 g/mol. The molecule has 0 unspecified atom stereocenters. The van der Waals surface area contributed by atoms with Crippen LogP contribution in [0.1, 0.15) is 12.5 Å². The van der Waals surface area contributed by atoms with Gasteiger partial charge in [0, 0.05) is 16.0 Å². The van der Waals surface area contributed by atoms with E-state index < -0.39 is 12.0 Å². The third-order valence-electron chi connectivity index (χ3n) is 3.56. The highest BCUT2D eigenvalue weighted by Gasteiger charge is 2.14. The summed E-state index contributed by atoms with van der Waals surface area (Å²) in [6.45, 7) is 1.62. The second kappa shape index (κ2) is 8.17. The van der Waals surface area contributed by atoms with Crippen molar-refractivity contribution in [2.75, 3.05) is 0 Å². The van der Waals surface area contributed by atoms with E-state index in [1.165, 1.54) is 6.21 Å². The molecule has 132 valence electrons. The van der Waals surface area contributed by atoms with Crippen molar-refractivity contribution in [2.45, 2.75) is 13.0 Å². The van der Waals surface area contributed by atoms with Gasteiger partial charge in [0.05, 0.1) is 11.7 Å². The summed E-state index contributed by atoms with van der Waals surface area (Å²) >= 11 is 12.0. The number of ether oxygens (including phenoxy) is 1. The number of aromatic nitrogens is 1. The molecule has 0 bridgehead atoms. The third kappa shape index (κ3) is 4.50. The van der Waals surface area contributed by atoms with Crippen molar-refractivity contribution in [3.8, 4) is 5.75 Å². The number of hydrazone groups is 1. The summed E-state index contributed by atoms with van der Waals surface area (Å²) in [7, 11) is 0. The first-order valence-electron chi connectivity index (χ1n) is 7.83. The Morgan fingerprint density at radius 1 is 1.19 bits per heavy atom. The van der Waals surface area contributed by atoms with Crippen molar-refractivity contribution >= 4 is 46.2 Å². The Balaban J connectivity index is 1.64. The van der Waals surface area contributed by atoms with Gasteiger partial charge in [-0.2, -0.15) is 5.10 Å². The lowest BCUT2D eigenvalue weighted by molar-refractivity contribution is -0.127. The molecule has 1 amide bonds. The highest BCUT2D eigenvalue weighted by Crippen LogP contribution is 2.19. The Bertz CT molecular complexity index is 976. The van der Waals surface area contributed by atoms with E-state index in [-0.39, 0.29) is 0 Å². The van der Waals surface area contributed by atoms with Crippen molar-refractivity contribution in [1.29, 1.82) is 0 Å². The molecule has 0 aliphatic rings. The Morgan fingerprint density at radius 2 is 2.00 bits per heavy atom. The molecule has 3 rings (SSSR count). The van der Waals surface area contributed by atoms with Crippen molar-refractivity contribution in [3.05, 3.63) is 70.3 Å². The van der Waals surface area contributed by atoms with E-state index in [2.05, 4.69) is 15.5 Å². The third-order valence-corrected chi connectivity index (χ3v) is 4.10. The zero-order valence-electron chi connectivity index (χ0n) is 13.8. The predicted octanol–water partition coefficient (Wildman–Crippen LogP) is 4.46. The van der Waals surface area contributed by atoms with Gasteiger partial charge in [-0.1, -0.05) is 47.5 Å². The van der Waals surface area contributed by atoms with Crippen LogP contribution in [-0.2, 0) is 4.79 Å². The van der Waals surface area contributed by atoms with Crippen molar-refractivity contribution < 1.29 is 9.53 Å². The number of carbonyl (C=O) groups excluding carboxylic acids is 1. The Kier molecular flexibility index (Phi) is 5.71. The summed E-state index contributed by atoms with van der Waals surface area (Å²) in [4.78, 5) is 16.4. The fraction of sp³-hybridized carbons (Fsp3) is 0.105. The van der Waals surface area contributed by atoms with Crippen LogP contribution in [0.15, 0.2) is 59.7 Å². The molecule has 3 aromatic rings. The molecule has 0 aliphatic carbocycles. The lowest BCUT2D eigenvalue weighted by Crippen LogP contribution is -2.33. The van der Waals surface area contributed by atoms with E-state index in [9.17, 15) is 4.79 Å². The molecule has 0 radical (unpaired) electrons. The maximum Gasteiger partial charge on any atom is 0.280 e. The quantitative estimate of drug-likeness (QED) is 0.399. The zero-order chi connectivity index (χ0) is 18.5. The summed E-state index contributed by atoms with van der Waals surface area (Å²) in [5, 5.41) is 5.71. The molecular weight excluding hydrogens is 373 g/mol. The van der Waals surface area contributed by atoms with E-state index >= 15 is 0 Å². The number of nitrogens with one attached hydrogen (secondary N) is 1. The van der Waals surface area contributed by atoms with Gasteiger partial charge in [-0.15, -0.1) is 0 Å². The van der Waals surface area contributed by atoms with Gasteiger partial charge in [0.25, 0.3) is 5.91 Å². The van der Waals surface area contributed by atoms with Gasteiger partial charge in [0.2, 0.25) is 0 Å². The molecule has 0 saturated heterocycles. The van der Waals surface area contributed by atoms with Crippen LogP contribution in [0.5, 0.6) is 5.75 Å². The lowest BCUT2D eigenvalue weighted by atomic mass is 10.2. The van der Waals surface area contributed by atoms with E-state index in [1.807, 2.05) is 30.3 Å². The number of fused-ring (bicyclic) bond motifs is 1. The van der Waals surface area contributed by atoms with E-state index in [0.29, 0.717) is 21.5 Å². The number of halogens is 2. The molecule has 1 N–H and O–H groups in total. The minimum absolute atomic E-state index is 0.310. The molecule has 5 nitrogen and oxygen atoms in total. The average molecular weight is 388 g/mol. The van der Waals surface area contributed by atoms with Crippen LogP contribution in [0, 0.1) is 0 Å². The summed E-state index contributed by atoms with van der Waals surface area (Å²) in [5.41, 5.74) is 3.83. The standard InChI is InChI=1S/C19H15Cl2N3O2/c1-12(26-16-7-4-6-15(20)10-16)19(25)24-22-11-14-9-13-5-2-3-8-17(13)23-18(14)21/h2-12H,1H3,(H,24,25)/b22-11-/t12-/m1/s1. The molecule has 26 heavy (non-hydrogen) atoms. The van der Waals surface area contributed by atoms with Crippen LogP contribution in [0.25, 0.3) is 10.9 Å². The van der Waals surface area contributed by atoms with Gasteiger partial charge in [0.1, 0.15) is 10.9 Å². The molecule has 0 aliphatic heterocycles. The normalized spacial score (nSPS) is 12.3. The fourth-order valence-corrected chi connectivity index (χ4v) is 2.63. The largest absolute Gasteiger partial charge is 0.481 e. The van der Waals surface area contributed by atoms with Crippen LogP contribution in [0.3, 0.4) is 0 Å². The molecule has 1 aromatic heterocycles. The summed E-state index contributed by atoms with van der Waals surface area (Å²) in [6, 6.07) is 16.3. The molecule has 0 spiro atoms. The molecular formula is C19H15Cl2N3O2. The second-order valence-electron chi connectivity index (χ2n) is 5.51. The number of benzene rings is 2.